The van der Waals surface area contributed by atoms with Gasteiger partial charge in [-0.25, -0.2) is 0 Å². The molecule has 13 heavy (non-hydrogen) atoms. The quantitative estimate of drug-likeness (QED) is 0.410. The average Bonchev–Trinajstić information content (AvgIpc) is 2.02. The smallest absolute Gasteiger partial charge is 0.151 e. The van der Waals surface area contributed by atoms with Crippen molar-refractivity contribution >= 4 is 5.78 Å². The standard InChI is InChI=1S/C9H8F3O/c1-2-7-5-3-4-6-8(7)13-9(10,11)12/h2-6H,1H3/q+1. The number of halogens is 3. The summed E-state index contributed by atoms with van der Waals surface area (Å²) in [7, 11) is 0. The number of hydrogen-bond acceptors (Lipinski definition) is 0. The minimum Gasteiger partial charge on any atom is -0.151 e. The van der Waals surface area contributed by atoms with E-state index in [1.54, 1.807) is 25.2 Å². The van der Waals surface area contributed by atoms with Gasteiger partial charge in [0.2, 0.25) is 0 Å². The largest absolute Gasteiger partial charge is 0.775 e. The summed E-state index contributed by atoms with van der Waals surface area (Å²) in [6.45, 7) is 1.65. The van der Waals surface area contributed by atoms with Crippen molar-refractivity contribution in [1.29, 1.82) is 0 Å². The summed E-state index contributed by atoms with van der Waals surface area (Å²) in [5.41, 5.74) is 0.430. The molecule has 0 aromatic heterocycles. The van der Waals surface area contributed by atoms with Crippen molar-refractivity contribution in [3.8, 4) is 0 Å². The van der Waals surface area contributed by atoms with Gasteiger partial charge in [0.05, 0.1) is 5.57 Å². The Balaban J connectivity index is 2.99. The van der Waals surface area contributed by atoms with Gasteiger partial charge in [-0.15, -0.1) is 0 Å². The third kappa shape index (κ3) is 2.89. The Labute approximate surface area is 73.6 Å². The van der Waals surface area contributed by atoms with E-state index >= 15 is 0 Å². The molecule has 0 aromatic rings. The maximum absolute atomic E-state index is 11.8. The highest BCUT2D eigenvalue weighted by Gasteiger charge is 2.45. The molecule has 0 atom stereocenters. The molecule has 4 heteroatoms. The Morgan fingerprint density at radius 2 is 1.85 bits per heavy atom. The summed E-state index contributed by atoms with van der Waals surface area (Å²) in [5.74, 6) is -0.169. The van der Waals surface area contributed by atoms with Crippen molar-refractivity contribution in [2.24, 2.45) is 0 Å². The summed E-state index contributed by atoms with van der Waals surface area (Å²) in [4.78, 5) is 0. The van der Waals surface area contributed by atoms with Crippen molar-refractivity contribution in [2.75, 3.05) is 0 Å². The predicted molar refractivity (Wildman–Crippen MR) is 43.1 cm³/mol. The second kappa shape index (κ2) is 3.60. The van der Waals surface area contributed by atoms with E-state index in [2.05, 4.69) is 4.42 Å². The van der Waals surface area contributed by atoms with E-state index in [-0.39, 0.29) is 5.78 Å². The highest BCUT2D eigenvalue weighted by atomic mass is 19.4. The fourth-order valence-electron chi connectivity index (χ4n) is 0.937. The van der Waals surface area contributed by atoms with Crippen LogP contribution >= 0.6 is 0 Å². The van der Waals surface area contributed by atoms with Crippen molar-refractivity contribution in [2.45, 2.75) is 13.3 Å². The number of hydrogen-bond donors (Lipinski definition) is 0. The topological polar surface area (TPSA) is 11.3 Å². The van der Waals surface area contributed by atoms with Gasteiger partial charge >= 0.3 is 12.1 Å². The minimum absolute atomic E-state index is 0.169. The first-order valence-corrected chi connectivity index (χ1v) is 3.67. The molecular formula is C9H8F3O+. The van der Waals surface area contributed by atoms with Crippen molar-refractivity contribution in [1.82, 2.24) is 0 Å². The fourth-order valence-corrected chi connectivity index (χ4v) is 0.937. The summed E-state index contributed by atoms with van der Waals surface area (Å²) in [6, 6.07) is 0. The van der Waals surface area contributed by atoms with Crippen LogP contribution in [-0.2, 0) is 4.42 Å². The maximum atomic E-state index is 11.8. The number of carbonyl (C=O) groups excluding carboxylic acids is 1. The normalized spacial score (nSPS) is 23.1. The van der Waals surface area contributed by atoms with E-state index in [4.69, 9.17) is 0 Å². The first kappa shape index (κ1) is 9.77. The summed E-state index contributed by atoms with van der Waals surface area (Å²) < 4.78 is 39.3. The first-order chi connectivity index (χ1) is 6.03. The lowest BCUT2D eigenvalue weighted by Crippen LogP contribution is -2.15. The van der Waals surface area contributed by atoms with Gasteiger partial charge < -0.3 is 0 Å². The molecule has 0 spiro atoms. The van der Waals surface area contributed by atoms with Crippen LogP contribution in [0.1, 0.15) is 6.92 Å². The molecule has 0 bridgehead atoms. The zero-order chi connectivity index (χ0) is 9.90. The Morgan fingerprint density at radius 1 is 1.23 bits per heavy atom. The van der Waals surface area contributed by atoms with Crippen molar-refractivity contribution < 1.29 is 17.6 Å². The Hall–Kier alpha value is -1.32. The molecule has 0 amide bonds. The second-order valence-corrected chi connectivity index (χ2v) is 2.37. The highest BCUT2D eigenvalue weighted by Crippen LogP contribution is 2.16. The molecule has 0 saturated heterocycles. The summed E-state index contributed by atoms with van der Waals surface area (Å²) in [6.07, 6.45) is 2.91. The number of ketones is 1. The van der Waals surface area contributed by atoms with Gasteiger partial charge in [-0.3, -0.25) is 0 Å². The minimum atomic E-state index is -4.63. The van der Waals surface area contributed by atoms with Crippen LogP contribution in [0.4, 0.5) is 13.2 Å². The highest BCUT2D eigenvalue weighted by molar-refractivity contribution is 6.07. The third-order valence-electron chi connectivity index (χ3n) is 1.46. The van der Waals surface area contributed by atoms with Gasteiger partial charge in [-0.1, -0.05) is 31.4 Å². The Kier molecular flexibility index (Phi) is 2.70. The van der Waals surface area contributed by atoms with Crippen LogP contribution < -0.4 is 0 Å². The van der Waals surface area contributed by atoms with Crippen LogP contribution in [0.3, 0.4) is 0 Å². The van der Waals surface area contributed by atoms with Gasteiger partial charge in [0, 0.05) is 6.08 Å². The molecule has 0 saturated carbocycles. The Bertz CT molecular complexity index is 305. The molecule has 0 radical (unpaired) electrons. The van der Waals surface area contributed by atoms with Crippen LogP contribution in [0.25, 0.3) is 0 Å². The molecular weight excluding hydrogens is 181 g/mol. The van der Waals surface area contributed by atoms with Gasteiger partial charge in [0.1, 0.15) is 0 Å². The van der Waals surface area contributed by atoms with Crippen LogP contribution in [0.5, 0.6) is 0 Å². The summed E-state index contributed by atoms with van der Waals surface area (Å²) in [5, 5.41) is 0. The Morgan fingerprint density at radius 3 is 2.38 bits per heavy atom. The molecule has 0 N–H and O–H groups in total. The number of allylic oxidation sites excluding steroid dienone is 6. The lowest BCUT2D eigenvalue weighted by molar-refractivity contribution is -0.675. The number of rotatable bonds is 0. The van der Waals surface area contributed by atoms with Crippen LogP contribution in [0.2, 0.25) is 0 Å². The van der Waals surface area contributed by atoms with Gasteiger partial charge in [0.25, 0.3) is 0 Å². The van der Waals surface area contributed by atoms with Crippen molar-refractivity contribution in [3.63, 3.8) is 0 Å². The fraction of sp³-hybridized carbons (Fsp3) is 0.222. The molecule has 0 heterocycles. The lowest BCUT2D eigenvalue weighted by Gasteiger charge is -1.95. The van der Waals surface area contributed by atoms with E-state index in [1.165, 1.54) is 12.2 Å². The van der Waals surface area contributed by atoms with E-state index < -0.39 is 6.36 Å². The zero-order valence-electron chi connectivity index (χ0n) is 6.93. The van der Waals surface area contributed by atoms with Crippen LogP contribution in [0, 0.1) is 0 Å². The lowest BCUT2D eigenvalue weighted by atomic mass is 10.1. The molecule has 0 fully saturated rings. The molecule has 1 aliphatic rings. The van der Waals surface area contributed by atoms with Gasteiger partial charge in [0.15, 0.2) is 0 Å². The molecule has 0 aromatic carbocycles. The summed E-state index contributed by atoms with van der Waals surface area (Å²) >= 11 is 0. The monoisotopic (exact) mass is 189 g/mol. The average molecular weight is 189 g/mol. The van der Waals surface area contributed by atoms with Gasteiger partial charge in [-0.05, 0) is 13.0 Å². The molecule has 1 nitrogen and oxygen atoms in total. The zero-order valence-corrected chi connectivity index (χ0v) is 6.93. The molecule has 1 aliphatic carbocycles. The number of alkyl halides is 3. The molecule has 70 valence electrons. The second-order valence-electron chi connectivity index (χ2n) is 2.37. The van der Waals surface area contributed by atoms with Crippen LogP contribution in [0.15, 0.2) is 36.0 Å². The SMILES string of the molecule is CC=C1C=CC=CC1=[O+]C(F)(F)F. The molecule has 0 aliphatic heterocycles. The molecule has 0 unspecified atom stereocenters. The first-order valence-electron chi connectivity index (χ1n) is 3.67. The van der Waals surface area contributed by atoms with E-state index in [1.807, 2.05) is 0 Å². The van der Waals surface area contributed by atoms with E-state index in [9.17, 15) is 13.2 Å². The third-order valence-corrected chi connectivity index (χ3v) is 1.46. The maximum Gasteiger partial charge on any atom is 0.775 e. The molecule has 1 rings (SSSR count). The van der Waals surface area contributed by atoms with Crippen molar-refractivity contribution in [3.05, 3.63) is 36.0 Å². The van der Waals surface area contributed by atoms with E-state index in [0.717, 1.165) is 0 Å². The van der Waals surface area contributed by atoms with E-state index in [0.29, 0.717) is 5.57 Å². The van der Waals surface area contributed by atoms with Gasteiger partial charge in [-0.2, -0.15) is 4.42 Å². The predicted octanol–water partition coefficient (Wildman–Crippen LogP) is 2.68. The van der Waals surface area contributed by atoms with Crippen LogP contribution in [-0.4, -0.2) is 12.1 Å².